The van der Waals surface area contributed by atoms with Crippen LogP contribution in [-0.4, -0.2) is 30.4 Å². The quantitative estimate of drug-likeness (QED) is 0.297. The number of fused-ring (bicyclic) bond motifs is 1. The van der Waals surface area contributed by atoms with Crippen molar-refractivity contribution in [3.8, 4) is 0 Å². The van der Waals surface area contributed by atoms with Crippen LogP contribution in [0.15, 0.2) is 71.6 Å². The van der Waals surface area contributed by atoms with Gasteiger partial charge in [-0.25, -0.2) is 8.42 Å². The van der Waals surface area contributed by atoms with Crippen LogP contribution >= 0.6 is 11.6 Å². The molecule has 0 bridgehead atoms. The highest BCUT2D eigenvalue weighted by atomic mass is 35.5. The molecule has 0 aliphatic carbocycles. The highest BCUT2D eigenvalue weighted by Crippen LogP contribution is 2.38. The molecule has 6 heteroatoms. The third-order valence-corrected chi connectivity index (χ3v) is 9.66. The maximum absolute atomic E-state index is 13.3. The predicted molar refractivity (Wildman–Crippen MR) is 144 cm³/mol. The Morgan fingerprint density at radius 1 is 0.886 bits per heavy atom. The fraction of sp³-hybridized carbons (Fsp3) is 0.310. The van der Waals surface area contributed by atoms with Crippen molar-refractivity contribution < 1.29 is 8.42 Å². The summed E-state index contributed by atoms with van der Waals surface area (Å²) in [5.41, 5.74) is 7.16. The third kappa shape index (κ3) is 4.53. The van der Waals surface area contributed by atoms with Gasteiger partial charge in [-0.05, 0) is 92.1 Å². The summed E-state index contributed by atoms with van der Waals surface area (Å²) in [6.45, 7) is 8.02. The van der Waals surface area contributed by atoms with Crippen molar-refractivity contribution in [2.45, 2.75) is 51.0 Å². The number of rotatable bonds is 5. The first-order valence-electron chi connectivity index (χ1n) is 12.2. The van der Waals surface area contributed by atoms with Gasteiger partial charge in [-0.3, -0.25) is 0 Å². The molecule has 0 atom stereocenters. The Hall–Kier alpha value is -2.60. The smallest absolute Gasteiger partial charge is 0.243 e. The SMILES string of the molecule is Cc1ccc(S(=O)(=O)N2CCC(c3c(C)n(Cc4ccc(Cl)cc4)c4ccccc34)CC2)cc1C. The Morgan fingerprint density at radius 3 is 2.26 bits per heavy atom. The van der Waals surface area contributed by atoms with Gasteiger partial charge in [-0.15, -0.1) is 0 Å². The summed E-state index contributed by atoms with van der Waals surface area (Å²) in [6, 6.07) is 22.0. The highest BCUT2D eigenvalue weighted by molar-refractivity contribution is 7.89. The lowest BCUT2D eigenvalue weighted by molar-refractivity contribution is 0.319. The van der Waals surface area contributed by atoms with E-state index in [1.165, 1.54) is 27.7 Å². The molecule has 1 aliphatic rings. The molecule has 4 aromatic rings. The zero-order valence-corrected chi connectivity index (χ0v) is 22.0. The number of hydrogen-bond donors (Lipinski definition) is 0. The number of aryl methyl sites for hydroxylation is 2. The minimum atomic E-state index is -3.48. The molecule has 5 rings (SSSR count). The van der Waals surface area contributed by atoms with Crippen LogP contribution in [0.1, 0.15) is 46.7 Å². The van der Waals surface area contributed by atoms with Crippen LogP contribution in [0.4, 0.5) is 0 Å². The molecule has 3 aromatic carbocycles. The summed E-state index contributed by atoms with van der Waals surface area (Å²) >= 11 is 6.09. The molecule has 1 saturated heterocycles. The van der Waals surface area contributed by atoms with Crippen molar-refractivity contribution in [2.75, 3.05) is 13.1 Å². The highest BCUT2D eigenvalue weighted by Gasteiger charge is 2.32. The number of nitrogens with zero attached hydrogens (tertiary/aromatic N) is 2. The van der Waals surface area contributed by atoms with E-state index >= 15 is 0 Å². The lowest BCUT2D eigenvalue weighted by Crippen LogP contribution is -2.38. The van der Waals surface area contributed by atoms with E-state index in [0.29, 0.717) is 23.9 Å². The Morgan fingerprint density at radius 2 is 1.57 bits per heavy atom. The molecule has 0 saturated carbocycles. The minimum absolute atomic E-state index is 0.331. The van der Waals surface area contributed by atoms with Gasteiger partial charge >= 0.3 is 0 Å². The summed E-state index contributed by atoms with van der Waals surface area (Å²) < 4.78 is 30.7. The number of benzene rings is 3. The monoisotopic (exact) mass is 506 g/mol. The third-order valence-electron chi connectivity index (χ3n) is 7.51. The molecule has 0 N–H and O–H groups in total. The van der Waals surface area contributed by atoms with E-state index in [2.05, 4.69) is 47.9 Å². The average molecular weight is 507 g/mol. The van der Waals surface area contributed by atoms with Gasteiger partial charge in [0.05, 0.1) is 4.90 Å². The molecule has 2 heterocycles. The van der Waals surface area contributed by atoms with Gasteiger partial charge in [0, 0.05) is 41.3 Å². The fourth-order valence-corrected chi connectivity index (χ4v) is 7.04. The Labute approximate surface area is 213 Å². The van der Waals surface area contributed by atoms with Gasteiger partial charge in [0.1, 0.15) is 0 Å². The van der Waals surface area contributed by atoms with E-state index in [-0.39, 0.29) is 0 Å². The predicted octanol–water partition coefficient (Wildman–Crippen LogP) is 6.84. The largest absolute Gasteiger partial charge is 0.340 e. The summed E-state index contributed by atoms with van der Waals surface area (Å²) in [5.74, 6) is 0.331. The Balaban J connectivity index is 1.41. The number of aromatic nitrogens is 1. The summed E-state index contributed by atoms with van der Waals surface area (Å²) in [5, 5.41) is 2.01. The zero-order valence-electron chi connectivity index (χ0n) is 20.5. The first kappa shape index (κ1) is 24.1. The lowest BCUT2D eigenvalue weighted by Gasteiger charge is -2.32. The number of hydrogen-bond acceptors (Lipinski definition) is 2. The van der Waals surface area contributed by atoms with Crippen LogP contribution in [0.2, 0.25) is 5.02 Å². The van der Waals surface area contributed by atoms with Gasteiger partial charge in [0.25, 0.3) is 0 Å². The summed E-state index contributed by atoms with van der Waals surface area (Å²) in [7, 11) is -3.48. The maximum Gasteiger partial charge on any atom is 0.243 e. The molecule has 0 amide bonds. The first-order valence-corrected chi connectivity index (χ1v) is 14.0. The van der Waals surface area contributed by atoms with Crippen molar-refractivity contribution in [2.24, 2.45) is 0 Å². The summed E-state index contributed by atoms with van der Waals surface area (Å²) in [4.78, 5) is 0.398. The number of para-hydroxylation sites is 1. The first-order chi connectivity index (χ1) is 16.8. The van der Waals surface area contributed by atoms with E-state index in [0.717, 1.165) is 35.5 Å². The Bertz CT molecular complexity index is 1480. The number of piperidine rings is 1. The molecule has 0 radical (unpaired) electrons. The standard InChI is InChI=1S/C29H31ClN2O2S/c1-20-8-13-26(18-21(20)2)35(33,34)31-16-14-24(15-17-31)29-22(3)32(28-7-5-4-6-27(28)29)19-23-9-11-25(30)12-10-23/h4-13,18,24H,14-17,19H2,1-3H3. The van der Waals surface area contributed by atoms with Crippen molar-refractivity contribution in [3.05, 3.63) is 99.7 Å². The molecule has 0 spiro atoms. The molecule has 1 fully saturated rings. The van der Waals surface area contributed by atoms with E-state index in [1.54, 1.807) is 16.4 Å². The van der Waals surface area contributed by atoms with E-state index in [1.807, 2.05) is 32.0 Å². The summed E-state index contributed by atoms with van der Waals surface area (Å²) in [6.07, 6.45) is 1.64. The van der Waals surface area contributed by atoms with E-state index in [4.69, 9.17) is 11.6 Å². The van der Waals surface area contributed by atoms with Gasteiger partial charge < -0.3 is 4.57 Å². The van der Waals surface area contributed by atoms with Crippen LogP contribution in [0.3, 0.4) is 0 Å². The van der Waals surface area contributed by atoms with Crippen LogP contribution in [-0.2, 0) is 16.6 Å². The average Bonchev–Trinajstić information content (AvgIpc) is 3.13. The molecule has 4 nitrogen and oxygen atoms in total. The van der Waals surface area contributed by atoms with Gasteiger partial charge in [-0.1, -0.05) is 48.0 Å². The molecule has 182 valence electrons. The van der Waals surface area contributed by atoms with Crippen LogP contribution in [0, 0.1) is 20.8 Å². The second kappa shape index (κ2) is 9.45. The second-order valence-electron chi connectivity index (χ2n) is 9.65. The van der Waals surface area contributed by atoms with E-state index < -0.39 is 10.0 Å². The maximum atomic E-state index is 13.3. The fourth-order valence-electron chi connectivity index (χ4n) is 5.36. The van der Waals surface area contributed by atoms with Crippen molar-refractivity contribution in [3.63, 3.8) is 0 Å². The lowest BCUT2D eigenvalue weighted by atomic mass is 9.88. The number of sulfonamides is 1. The Kier molecular flexibility index (Phi) is 6.51. The van der Waals surface area contributed by atoms with Crippen molar-refractivity contribution in [1.29, 1.82) is 0 Å². The molecule has 1 aliphatic heterocycles. The number of halogens is 1. The molecule has 35 heavy (non-hydrogen) atoms. The van der Waals surface area contributed by atoms with E-state index in [9.17, 15) is 8.42 Å². The molecule has 1 aromatic heterocycles. The second-order valence-corrected chi connectivity index (χ2v) is 12.0. The van der Waals surface area contributed by atoms with Gasteiger partial charge in [0.2, 0.25) is 10.0 Å². The topological polar surface area (TPSA) is 42.3 Å². The van der Waals surface area contributed by atoms with Crippen molar-refractivity contribution in [1.82, 2.24) is 8.87 Å². The molecule has 0 unspecified atom stereocenters. The van der Waals surface area contributed by atoms with Gasteiger partial charge in [-0.2, -0.15) is 4.31 Å². The van der Waals surface area contributed by atoms with Crippen molar-refractivity contribution >= 4 is 32.5 Å². The van der Waals surface area contributed by atoms with Crippen LogP contribution in [0.5, 0.6) is 0 Å². The van der Waals surface area contributed by atoms with Gasteiger partial charge in [0.15, 0.2) is 0 Å². The molecular weight excluding hydrogens is 476 g/mol. The molecular formula is C29H31ClN2O2S. The van der Waals surface area contributed by atoms with Crippen LogP contribution < -0.4 is 0 Å². The normalized spacial score (nSPS) is 15.7. The minimum Gasteiger partial charge on any atom is -0.340 e. The van der Waals surface area contributed by atoms with Crippen LogP contribution in [0.25, 0.3) is 10.9 Å². The zero-order chi connectivity index (χ0) is 24.7.